The molecule has 1 fully saturated rings. The van der Waals surface area contributed by atoms with Crippen molar-refractivity contribution in [3.8, 4) is 11.5 Å². The summed E-state index contributed by atoms with van der Waals surface area (Å²) in [6.45, 7) is 1.24. The normalized spacial score (nSPS) is 18.6. The maximum Gasteiger partial charge on any atom is 0.416 e. The molecule has 3 amide bonds. The summed E-state index contributed by atoms with van der Waals surface area (Å²) in [5.74, 6) is -4.52. The first-order valence-corrected chi connectivity index (χ1v) is 16.4. The molecule has 16 heteroatoms. The van der Waals surface area contributed by atoms with Gasteiger partial charge >= 0.3 is 17.0 Å². The SMILES string of the molecule is CCOC(=O)c1ccc(N2C(=O)C3Sc4c(sc(=O)n4CC(=O)Nc4cccc(C(F)(F)F)c4)C(c4ccc(O)c(OC)c4)C3C2=O)cc1. The molecule has 2 aliphatic rings. The first-order valence-electron chi connectivity index (χ1n) is 14.7. The lowest BCUT2D eigenvalue weighted by Gasteiger charge is -2.31. The van der Waals surface area contributed by atoms with E-state index in [1.807, 2.05) is 0 Å². The van der Waals surface area contributed by atoms with E-state index in [1.54, 1.807) is 13.0 Å². The van der Waals surface area contributed by atoms with Crippen LogP contribution in [0.15, 0.2) is 76.6 Å². The number of amides is 3. The first kappa shape index (κ1) is 33.8. The largest absolute Gasteiger partial charge is 0.504 e. The number of phenols is 1. The summed E-state index contributed by atoms with van der Waals surface area (Å²) in [6.07, 6.45) is -4.63. The Morgan fingerprint density at radius 3 is 2.41 bits per heavy atom. The molecule has 3 unspecified atom stereocenters. The Bertz CT molecular complexity index is 2040. The Hall–Kier alpha value is -5.09. The highest BCUT2D eigenvalue weighted by Gasteiger charge is 2.57. The number of carbonyl (C=O) groups is 4. The number of hydrogen-bond donors (Lipinski definition) is 2. The van der Waals surface area contributed by atoms with E-state index in [-0.39, 0.29) is 40.1 Å². The number of benzene rings is 3. The highest BCUT2D eigenvalue weighted by molar-refractivity contribution is 8.00. The number of methoxy groups -OCH3 is 1. The number of rotatable bonds is 8. The van der Waals surface area contributed by atoms with E-state index in [0.29, 0.717) is 10.4 Å². The smallest absolute Gasteiger partial charge is 0.416 e. The number of nitrogens with one attached hydrogen (secondary N) is 1. The highest BCUT2D eigenvalue weighted by atomic mass is 32.2. The number of aromatic hydroxyl groups is 1. The van der Waals surface area contributed by atoms with Crippen molar-refractivity contribution in [1.82, 2.24) is 4.57 Å². The molecule has 4 aromatic rings. The number of alkyl halides is 3. The number of aromatic nitrogens is 1. The molecule has 3 heterocycles. The van der Waals surface area contributed by atoms with E-state index in [1.165, 1.54) is 49.6 Å². The summed E-state index contributed by atoms with van der Waals surface area (Å²) in [7, 11) is 1.34. The summed E-state index contributed by atoms with van der Waals surface area (Å²) >= 11 is 1.72. The van der Waals surface area contributed by atoms with Gasteiger partial charge in [-0.05, 0) is 67.1 Å². The van der Waals surface area contributed by atoms with Crippen LogP contribution in [0.3, 0.4) is 0 Å². The number of hydrogen-bond acceptors (Lipinski definition) is 10. The summed E-state index contributed by atoms with van der Waals surface area (Å²) in [4.78, 5) is 67.6. The average Bonchev–Trinajstić information content (AvgIpc) is 3.51. The van der Waals surface area contributed by atoms with Gasteiger partial charge in [0.25, 0.3) is 0 Å². The van der Waals surface area contributed by atoms with E-state index >= 15 is 0 Å². The molecule has 1 saturated heterocycles. The second-order valence-electron chi connectivity index (χ2n) is 11.0. The zero-order valence-corrected chi connectivity index (χ0v) is 27.3. The van der Waals surface area contributed by atoms with Crippen LogP contribution in [0.5, 0.6) is 11.5 Å². The van der Waals surface area contributed by atoms with Crippen LogP contribution in [0.25, 0.3) is 0 Å². The molecule has 11 nitrogen and oxygen atoms in total. The molecule has 254 valence electrons. The molecule has 0 radical (unpaired) electrons. The zero-order chi connectivity index (χ0) is 35.2. The number of fused-ring (bicyclic) bond motifs is 2. The summed E-state index contributed by atoms with van der Waals surface area (Å²) in [5.41, 5.74) is -0.205. The minimum Gasteiger partial charge on any atom is -0.504 e. The van der Waals surface area contributed by atoms with Crippen LogP contribution < -0.4 is 19.8 Å². The summed E-state index contributed by atoms with van der Waals surface area (Å²) in [6, 6.07) is 14.2. The topological polar surface area (TPSA) is 144 Å². The van der Waals surface area contributed by atoms with E-state index in [2.05, 4.69) is 5.32 Å². The molecule has 2 N–H and O–H groups in total. The maximum absolute atomic E-state index is 14.2. The number of carbonyl (C=O) groups excluding carboxylic acids is 4. The molecular formula is C33H26F3N3O8S2. The number of ether oxygens (including phenoxy) is 2. The third-order valence-electron chi connectivity index (χ3n) is 8.02. The molecule has 2 aliphatic heterocycles. The molecule has 0 spiro atoms. The van der Waals surface area contributed by atoms with Crippen molar-refractivity contribution in [1.29, 1.82) is 0 Å². The number of halogens is 3. The number of thioether (sulfide) groups is 1. The van der Waals surface area contributed by atoms with Gasteiger partial charge in [-0.15, -0.1) is 0 Å². The van der Waals surface area contributed by atoms with Crippen molar-refractivity contribution < 1.29 is 46.9 Å². The van der Waals surface area contributed by atoms with E-state index in [4.69, 9.17) is 9.47 Å². The number of esters is 1. The van der Waals surface area contributed by atoms with Gasteiger partial charge in [-0.2, -0.15) is 13.2 Å². The van der Waals surface area contributed by atoms with Gasteiger partial charge in [0.15, 0.2) is 11.5 Å². The van der Waals surface area contributed by atoms with Crippen LogP contribution in [0.2, 0.25) is 0 Å². The monoisotopic (exact) mass is 713 g/mol. The quantitative estimate of drug-likeness (QED) is 0.185. The summed E-state index contributed by atoms with van der Waals surface area (Å²) in [5, 5.41) is 11.9. The van der Waals surface area contributed by atoms with Crippen molar-refractivity contribution in [2.75, 3.05) is 23.9 Å². The third-order valence-corrected chi connectivity index (χ3v) is 10.6. The minimum atomic E-state index is -4.63. The molecule has 0 saturated carbocycles. The fourth-order valence-corrected chi connectivity index (χ4v) is 8.61. The molecule has 49 heavy (non-hydrogen) atoms. The molecule has 1 aromatic heterocycles. The van der Waals surface area contributed by atoms with Gasteiger partial charge in [0.2, 0.25) is 17.7 Å². The lowest BCUT2D eigenvalue weighted by atomic mass is 9.83. The maximum atomic E-state index is 14.2. The lowest BCUT2D eigenvalue weighted by molar-refractivity contribution is -0.137. The van der Waals surface area contributed by atoms with E-state index < -0.39 is 63.9 Å². The van der Waals surface area contributed by atoms with Crippen molar-refractivity contribution in [3.05, 3.63) is 98.0 Å². The Morgan fingerprint density at radius 1 is 1.00 bits per heavy atom. The van der Waals surface area contributed by atoms with E-state index in [0.717, 1.165) is 50.8 Å². The fourth-order valence-electron chi connectivity index (χ4n) is 5.84. The summed E-state index contributed by atoms with van der Waals surface area (Å²) < 4.78 is 51.1. The van der Waals surface area contributed by atoms with Crippen molar-refractivity contribution >= 4 is 58.2 Å². The van der Waals surface area contributed by atoms with Crippen LogP contribution in [0.4, 0.5) is 24.5 Å². The third kappa shape index (κ3) is 6.28. The molecule has 3 atom stereocenters. The van der Waals surface area contributed by atoms with Crippen LogP contribution in [-0.2, 0) is 31.8 Å². The molecular weight excluding hydrogens is 688 g/mol. The Balaban J connectivity index is 1.38. The molecule has 0 aliphatic carbocycles. The fraction of sp³-hybridized carbons (Fsp3) is 0.242. The van der Waals surface area contributed by atoms with Crippen LogP contribution >= 0.6 is 23.1 Å². The molecule has 0 bridgehead atoms. The average molecular weight is 714 g/mol. The van der Waals surface area contributed by atoms with Gasteiger partial charge in [0.05, 0.1) is 41.5 Å². The van der Waals surface area contributed by atoms with Crippen LogP contribution in [0, 0.1) is 5.92 Å². The van der Waals surface area contributed by atoms with Gasteiger partial charge in [0, 0.05) is 16.5 Å². The van der Waals surface area contributed by atoms with Crippen LogP contribution in [-0.4, -0.2) is 52.3 Å². The van der Waals surface area contributed by atoms with Gasteiger partial charge in [-0.3, -0.25) is 23.7 Å². The number of anilines is 2. The molecule has 3 aromatic carbocycles. The lowest BCUT2D eigenvalue weighted by Crippen LogP contribution is -2.33. The van der Waals surface area contributed by atoms with Crippen LogP contribution in [0.1, 0.15) is 39.2 Å². The first-order chi connectivity index (χ1) is 23.3. The Kier molecular flexibility index (Phi) is 9.02. The van der Waals surface area contributed by atoms with Crippen molar-refractivity contribution in [2.45, 2.75) is 35.8 Å². The van der Waals surface area contributed by atoms with Gasteiger partial charge < -0.3 is 19.9 Å². The van der Waals surface area contributed by atoms with Crippen molar-refractivity contribution in [3.63, 3.8) is 0 Å². The van der Waals surface area contributed by atoms with Gasteiger partial charge in [-0.1, -0.05) is 35.2 Å². The van der Waals surface area contributed by atoms with Crippen molar-refractivity contribution in [2.24, 2.45) is 5.92 Å². The van der Waals surface area contributed by atoms with E-state index in [9.17, 15) is 42.3 Å². The second-order valence-corrected chi connectivity index (χ2v) is 13.1. The number of imide groups is 1. The minimum absolute atomic E-state index is 0.0873. The number of nitrogens with zero attached hydrogens (tertiary/aromatic N) is 2. The van der Waals surface area contributed by atoms with Gasteiger partial charge in [0.1, 0.15) is 11.8 Å². The predicted molar refractivity (Wildman–Crippen MR) is 173 cm³/mol. The van der Waals surface area contributed by atoms with Gasteiger partial charge in [-0.25, -0.2) is 9.69 Å². The molecule has 6 rings (SSSR count). The number of phenolic OH excluding ortho intramolecular Hbond substituents is 1. The standard InChI is InChI=1S/C33H26F3N3O8S2/c1-3-47-31(44)16-7-10-20(11-8-16)39-28(42)25-24(17-9-12-21(40)22(13-17)46-2)27-30(48-26(25)29(39)43)38(32(45)49-27)15-23(41)37-19-6-4-5-18(14-19)33(34,35)36/h4-14,24-26,40H,3,15H2,1-2H3,(H,37,41). The highest BCUT2D eigenvalue weighted by Crippen LogP contribution is 2.54. The Morgan fingerprint density at radius 2 is 1.73 bits per heavy atom. The second kappa shape index (κ2) is 13.1. The number of thiazole rings is 1. The Labute approximate surface area is 284 Å². The zero-order valence-electron chi connectivity index (χ0n) is 25.6. The predicted octanol–water partition coefficient (Wildman–Crippen LogP) is 5.25.